The van der Waals surface area contributed by atoms with Crippen molar-refractivity contribution in [2.75, 3.05) is 0 Å². The summed E-state index contributed by atoms with van der Waals surface area (Å²) in [7, 11) is 0. The number of nitrogens with two attached hydrogens (primary N) is 1. The highest BCUT2D eigenvalue weighted by atomic mass is 79.9. The summed E-state index contributed by atoms with van der Waals surface area (Å²) in [5.74, 6) is 0. The molecule has 0 saturated heterocycles. The van der Waals surface area contributed by atoms with Gasteiger partial charge in [0.05, 0.1) is 0 Å². The van der Waals surface area contributed by atoms with E-state index < -0.39 is 0 Å². The topological polar surface area (TPSA) is 26.0 Å². The van der Waals surface area contributed by atoms with Gasteiger partial charge in [0.15, 0.2) is 0 Å². The van der Waals surface area contributed by atoms with E-state index in [1.165, 1.54) is 0 Å². The molecule has 1 rings (SSSR count). The van der Waals surface area contributed by atoms with E-state index in [1.807, 2.05) is 37.3 Å². The summed E-state index contributed by atoms with van der Waals surface area (Å²) in [6.45, 7) is 1.88. The lowest BCUT2D eigenvalue weighted by atomic mass is 10.2. The molecule has 1 nitrogen and oxygen atoms in total. The van der Waals surface area contributed by atoms with Crippen LogP contribution in [0.4, 0.5) is 0 Å². The normalized spacial score (nSPS) is 11.6. The second kappa shape index (κ2) is 3.58. The summed E-state index contributed by atoms with van der Waals surface area (Å²) >= 11 is 3.36. The second-order valence-electron chi connectivity index (χ2n) is 2.44. The summed E-state index contributed by atoms with van der Waals surface area (Å²) < 4.78 is 1.09. The number of hydrogen-bond acceptors (Lipinski definition) is 1. The zero-order chi connectivity index (χ0) is 8.27. The Morgan fingerprint density at radius 2 is 1.91 bits per heavy atom. The third kappa shape index (κ3) is 2.76. The predicted molar refractivity (Wildman–Crippen MR) is 52.0 cm³/mol. The Labute approximate surface area is 75.0 Å². The highest BCUT2D eigenvalue weighted by Gasteiger charge is 1.87. The van der Waals surface area contributed by atoms with Crippen LogP contribution in [0, 0.1) is 0 Å². The predicted octanol–water partition coefficient (Wildman–Crippen LogP) is 2.77. The fraction of sp³-hybridized carbons (Fsp3) is 0.111. The van der Waals surface area contributed by atoms with Crippen LogP contribution in [-0.4, -0.2) is 0 Å². The maximum Gasteiger partial charge on any atom is 0.0175 e. The zero-order valence-corrected chi connectivity index (χ0v) is 7.93. The van der Waals surface area contributed by atoms with E-state index in [1.54, 1.807) is 0 Å². The van der Waals surface area contributed by atoms with Gasteiger partial charge < -0.3 is 5.73 Å². The highest BCUT2D eigenvalue weighted by Crippen LogP contribution is 2.11. The summed E-state index contributed by atoms with van der Waals surface area (Å²) in [6.07, 6.45) is 1.94. The standard InChI is InChI=1S/C9H10BrN/c1-7(11)6-8-2-4-9(10)5-3-8/h2-6H,11H2,1H3/b7-6-. The van der Waals surface area contributed by atoms with Crippen molar-refractivity contribution in [2.45, 2.75) is 6.92 Å². The van der Waals surface area contributed by atoms with Crippen molar-refractivity contribution in [1.82, 2.24) is 0 Å². The summed E-state index contributed by atoms with van der Waals surface area (Å²) in [5, 5.41) is 0. The molecule has 0 bridgehead atoms. The van der Waals surface area contributed by atoms with Gasteiger partial charge in [-0.1, -0.05) is 28.1 Å². The zero-order valence-electron chi connectivity index (χ0n) is 6.34. The maximum absolute atomic E-state index is 5.51. The Morgan fingerprint density at radius 3 is 2.36 bits per heavy atom. The maximum atomic E-state index is 5.51. The lowest BCUT2D eigenvalue weighted by Crippen LogP contribution is -1.88. The smallest absolute Gasteiger partial charge is 0.0175 e. The van der Waals surface area contributed by atoms with E-state index in [2.05, 4.69) is 15.9 Å². The third-order valence-electron chi connectivity index (χ3n) is 1.26. The molecule has 0 atom stereocenters. The van der Waals surface area contributed by atoms with Crippen LogP contribution in [0.3, 0.4) is 0 Å². The van der Waals surface area contributed by atoms with Crippen LogP contribution in [0.2, 0.25) is 0 Å². The van der Waals surface area contributed by atoms with E-state index in [0.29, 0.717) is 0 Å². The van der Waals surface area contributed by atoms with E-state index in [9.17, 15) is 0 Å². The largest absolute Gasteiger partial charge is 0.402 e. The molecule has 1 aromatic carbocycles. The van der Waals surface area contributed by atoms with Gasteiger partial charge >= 0.3 is 0 Å². The van der Waals surface area contributed by atoms with Crippen molar-refractivity contribution in [3.63, 3.8) is 0 Å². The lowest BCUT2D eigenvalue weighted by molar-refractivity contribution is 1.34. The molecule has 0 saturated carbocycles. The van der Waals surface area contributed by atoms with Crippen molar-refractivity contribution < 1.29 is 0 Å². The first-order valence-electron chi connectivity index (χ1n) is 3.38. The van der Waals surface area contributed by atoms with Gasteiger partial charge in [0.25, 0.3) is 0 Å². The van der Waals surface area contributed by atoms with Gasteiger partial charge in [-0.15, -0.1) is 0 Å². The van der Waals surface area contributed by atoms with Crippen LogP contribution >= 0.6 is 15.9 Å². The van der Waals surface area contributed by atoms with Crippen molar-refractivity contribution in [1.29, 1.82) is 0 Å². The molecule has 0 heterocycles. The molecule has 0 radical (unpaired) electrons. The quantitative estimate of drug-likeness (QED) is 0.760. The van der Waals surface area contributed by atoms with Crippen LogP contribution in [0.15, 0.2) is 34.4 Å². The minimum Gasteiger partial charge on any atom is -0.402 e. The molecule has 0 unspecified atom stereocenters. The Bertz CT molecular complexity index is 257. The monoisotopic (exact) mass is 211 g/mol. The van der Waals surface area contributed by atoms with Gasteiger partial charge in [-0.2, -0.15) is 0 Å². The molecule has 11 heavy (non-hydrogen) atoms. The van der Waals surface area contributed by atoms with E-state index in [0.717, 1.165) is 15.7 Å². The average molecular weight is 212 g/mol. The molecule has 0 aliphatic heterocycles. The van der Waals surface area contributed by atoms with E-state index in [4.69, 9.17) is 5.73 Å². The average Bonchev–Trinajstić information content (AvgIpc) is 1.93. The molecule has 0 spiro atoms. The SMILES string of the molecule is C/C(N)=C/c1ccc(Br)cc1. The molecular weight excluding hydrogens is 202 g/mol. The first kappa shape index (κ1) is 8.34. The van der Waals surface area contributed by atoms with Crippen molar-refractivity contribution in [3.05, 3.63) is 40.0 Å². The Balaban J connectivity index is 2.91. The Kier molecular flexibility index (Phi) is 2.71. The Hall–Kier alpha value is -0.760. The van der Waals surface area contributed by atoms with E-state index in [-0.39, 0.29) is 0 Å². The van der Waals surface area contributed by atoms with Gasteiger partial charge in [-0.3, -0.25) is 0 Å². The molecule has 0 fully saturated rings. The number of rotatable bonds is 1. The molecule has 58 valence electrons. The fourth-order valence-electron chi connectivity index (χ4n) is 0.822. The molecule has 0 aliphatic carbocycles. The summed E-state index contributed by atoms with van der Waals surface area (Å²) in [5.41, 5.74) is 7.47. The summed E-state index contributed by atoms with van der Waals surface area (Å²) in [4.78, 5) is 0. The third-order valence-corrected chi connectivity index (χ3v) is 1.79. The van der Waals surface area contributed by atoms with Crippen molar-refractivity contribution in [3.8, 4) is 0 Å². The molecular formula is C9H10BrN. The molecule has 0 amide bonds. The molecule has 2 heteroatoms. The minimum atomic E-state index is 0.826. The van der Waals surface area contributed by atoms with Crippen LogP contribution in [0.1, 0.15) is 12.5 Å². The fourth-order valence-corrected chi connectivity index (χ4v) is 1.09. The van der Waals surface area contributed by atoms with Gasteiger partial charge in [0.1, 0.15) is 0 Å². The number of hydrogen-bond donors (Lipinski definition) is 1. The lowest BCUT2D eigenvalue weighted by Gasteiger charge is -1.94. The van der Waals surface area contributed by atoms with Crippen LogP contribution < -0.4 is 5.73 Å². The Morgan fingerprint density at radius 1 is 1.36 bits per heavy atom. The second-order valence-corrected chi connectivity index (χ2v) is 3.36. The van der Waals surface area contributed by atoms with Gasteiger partial charge in [-0.25, -0.2) is 0 Å². The van der Waals surface area contributed by atoms with Gasteiger partial charge in [0, 0.05) is 10.2 Å². The number of benzene rings is 1. The van der Waals surface area contributed by atoms with Crippen LogP contribution in [0.25, 0.3) is 6.08 Å². The molecule has 2 N–H and O–H groups in total. The first-order chi connectivity index (χ1) is 5.18. The molecule has 0 aromatic heterocycles. The van der Waals surface area contributed by atoms with Gasteiger partial charge in [0.2, 0.25) is 0 Å². The van der Waals surface area contributed by atoms with Crippen molar-refractivity contribution in [2.24, 2.45) is 5.73 Å². The van der Waals surface area contributed by atoms with Crippen molar-refractivity contribution >= 4 is 22.0 Å². The van der Waals surface area contributed by atoms with Crippen LogP contribution in [0.5, 0.6) is 0 Å². The summed E-state index contributed by atoms with van der Waals surface area (Å²) in [6, 6.07) is 8.02. The first-order valence-corrected chi connectivity index (χ1v) is 4.17. The van der Waals surface area contributed by atoms with Gasteiger partial charge in [-0.05, 0) is 30.7 Å². The highest BCUT2D eigenvalue weighted by molar-refractivity contribution is 9.10. The molecule has 0 aliphatic rings. The molecule has 1 aromatic rings. The van der Waals surface area contributed by atoms with Crippen LogP contribution in [-0.2, 0) is 0 Å². The minimum absolute atomic E-state index is 0.826. The number of halogens is 1. The van der Waals surface area contributed by atoms with E-state index >= 15 is 0 Å². The number of allylic oxidation sites excluding steroid dienone is 1.